The Balaban J connectivity index is 2.52. The molecule has 0 spiro atoms. The Labute approximate surface area is 115 Å². The summed E-state index contributed by atoms with van der Waals surface area (Å²) in [5, 5.41) is 11.3. The van der Waals surface area contributed by atoms with Gasteiger partial charge in [0.1, 0.15) is 0 Å². The van der Waals surface area contributed by atoms with Gasteiger partial charge >= 0.3 is 5.97 Å². The van der Waals surface area contributed by atoms with Gasteiger partial charge in [0, 0.05) is 5.39 Å². The number of nitrogens with one attached hydrogen (secondary N) is 1. The molecule has 0 aliphatic heterocycles. The Hall–Kier alpha value is -2.70. The van der Waals surface area contributed by atoms with Gasteiger partial charge in [0.15, 0.2) is 5.69 Å². The van der Waals surface area contributed by atoms with Crippen LogP contribution in [0.15, 0.2) is 24.3 Å². The van der Waals surface area contributed by atoms with Gasteiger partial charge < -0.3 is 15.8 Å². The molecule has 7 nitrogen and oxygen atoms in total. The first kappa shape index (κ1) is 13.7. The summed E-state index contributed by atoms with van der Waals surface area (Å²) in [5.74, 6) is -1.14. The van der Waals surface area contributed by atoms with Gasteiger partial charge in [-0.3, -0.25) is 4.79 Å². The first-order valence-electron chi connectivity index (χ1n) is 6.08. The highest BCUT2D eigenvalue weighted by Gasteiger charge is 2.18. The van der Waals surface area contributed by atoms with E-state index in [-0.39, 0.29) is 18.8 Å². The van der Waals surface area contributed by atoms with E-state index < -0.39 is 11.9 Å². The number of aromatic nitrogens is 2. The van der Waals surface area contributed by atoms with Gasteiger partial charge in [0.2, 0.25) is 5.91 Å². The van der Waals surface area contributed by atoms with Crippen molar-refractivity contribution in [2.45, 2.75) is 6.92 Å². The predicted octanol–water partition coefficient (Wildman–Crippen LogP) is 0.704. The van der Waals surface area contributed by atoms with Crippen molar-refractivity contribution in [1.82, 2.24) is 10.2 Å². The summed E-state index contributed by atoms with van der Waals surface area (Å²) in [7, 11) is 0. The Kier molecular flexibility index (Phi) is 4.09. The van der Waals surface area contributed by atoms with Gasteiger partial charge in [0.05, 0.1) is 24.4 Å². The second kappa shape index (κ2) is 5.96. The van der Waals surface area contributed by atoms with Gasteiger partial charge in [0.25, 0.3) is 0 Å². The SMILES string of the molecule is CCOC(=O)c1nnc2ccccc2c1NCC(N)=O. The van der Waals surface area contributed by atoms with Crippen molar-refractivity contribution >= 4 is 28.5 Å². The zero-order valence-electron chi connectivity index (χ0n) is 10.9. The predicted molar refractivity (Wildman–Crippen MR) is 73.2 cm³/mol. The Morgan fingerprint density at radius 1 is 1.30 bits per heavy atom. The maximum atomic E-state index is 11.9. The second-order valence-electron chi connectivity index (χ2n) is 3.98. The molecular formula is C13H14N4O3. The number of anilines is 1. The quantitative estimate of drug-likeness (QED) is 0.777. The van der Waals surface area contributed by atoms with E-state index in [0.717, 1.165) is 0 Å². The van der Waals surface area contributed by atoms with E-state index in [0.29, 0.717) is 16.6 Å². The van der Waals surface area contributed by atoms with Gasteiger partial charge in [-0.1, -0.05) is 18.2 Å². The number of fused-ring (bicyclic) bond motifs is 1. The van der Waals surface area contributed by atoms with Crippen LogP contribution in [0.25, 0.3) is 10.9 Å². The van der Waals surface area contributed by atoms with E-state index in [9.17, 15) is 9.59 Å². The number of hydrogen-bond donors (Lipinski definition) is 2. The fraction of sp³-hybridized carbons (Fsp3) is 0.231. The van der Waals surface area contributed by atoms with Crippen LogP contribution in [0.2, 0.25) is 0 Å². The lowest BCUT2D eigenvalue weighted by atomic mass is 10.1. The third-order valence-corrected chi connectivity index (χ3v) is 2.58. The highest BCUT2D eigenvalue weighted by molar-refractivity contribution is 6.03. The van der Waals surface area contributed by atoms with Crippen molar-refractivity contribution in [1.29, 1.82) is 0 Å². The van der Waals surface area contributed by atoms with Crippen molar-refractivity contribution in [2.75, 3.05) is 18.5 Å². The molecule has 0 radical (unpaired) electrons. The maximum absolute atomic E-state index is 11.9. The summed E-state index contributed by atoms with van der Waals surface area (Å²) in [6.45, 7) is 1.81. The van der Waals surface area contributed by atoms with E-state index in [1.165, 1.54) is 0 Å². The van der Waals surface area contributed by atoms with E-state index in [2.05, 4.69) is 15.5 Å². The van der Waals surface area contributed by atoms with Crippen LogP contribution in [0.1, 0.15) is 17.4 Å². The molecule has 3 N–H and O–H groups in total. The van der Waals surface area contributed by atoms with Gasteiger partial charge in [-0.2, -0.15) is 0 Å². The summed E-state index contributed by atoms with van der Waals surface area (Å²) in [5.41, 5.74) is 6.15. The molecule has 0 bridgehead atoms. The molecule has 0 atom stereocenters. The van der Waals surface area contributed by atoms with Crippen LogP contribution in [-0.2, 0) is 9.53 Å². The minimum Gasteiger partial charge on any atom is -0.461 e. The van der Waals surface area contributed by atoms with Crippen molar-refractivity contribution in [2.24, 2.45) is 5.73 Å². The number of carbonyl (C=O) groups is 2. The summed E-state index contributed by atoms with van der Waals surface area (Å²) in [6.07, 6.45) is 0. The molecule has 1 heterocycles. The molecule has 1 aromatic carbocycles. The Morgan fingerprint density at radius 3 is 2.75 bits per heavy atom. The molecule has 0 aliphatic carbocycles. The molecule has 0 unspecified atom stereocenters. The van der Waals surface area contributed by atoms with Gasteiger partial charge in [-0.15, -0.1) is 10.2 Å². The smallest absolute Gasteiger partial charge is 0.361 e. The molecule has 2 rings (SSSR count). The molecule has 0 aliphatic rings. The zero-order chi connectivity index (χ0) is 14.5. The van der Waals surface area contributed by atoms with Crippen LogP contribution in [0.4, 0.5) is 5.69 Å². The van der Waals surface area contributed by atoms with Crippen LogP contribution in [-0.4, -0.2) is 35.2 Å². The van der Waals surface area contributed by atoms with E-state index in [1.807, 2.05) is 0 Å². The van der Waals surface area contributed by atoms with Crippen LogP contribution >= 0.6 is 0 Å². The lowest BCUT2D eigenvalue weighted by Gasteiger charge is -2.11. The molecule has 0 saturated carbocycles. The van der Waals surface area contributed by atoms with Crippen LogP contribution in [0, 0.1) is 0 Å². The number of hydrogen-bond acceptors (Lipinski definition) is 6. The number of primary amides is 1. The van der Waals surface area contributed by atoms with Gasteiger partial charge in [-0.05, 0) is 13.0 Å². The number of esters is 1. The number of nitrogens with two attached hydrogens (primary N) is 1. The van der Waals surface area contributed by atoms with Crippen molar-refractivity contribution in [3.63, 3.8) is 0 Å². The number of amides is 1. The third-order valence-electron chi connectivity index (χ3n) is 2.58. The highest BCUT2D eigenvalue weighted by atomic mass is 16.5. The van der Waals surface area contributed by atoms with E-state index >= 15 is 0 Å². The van der Waals surface area contributed by atoms with Crippen molar-refractivity contribution in [3.8, 4) is 0 Å². The standard InChI is InChI=1S/C13H14N4O3/c1-2-20-13(19)12-11(15-7-10(14)18)8-5-3-4-6-9(8)16-17-12/h3-6H,2,7H2,1H3,(H2,14,18)(H,15,16). The largest absolute Gasteiger partial charge is 0.461 e. The number of rotatable bonds is 5. The average Bonchev–Trinajstić information content (AvgIpc) is 2.44. The lowest BCUT2D eigenvalue weighted by molar-refractivity contribution is -0.116. The summed E-state index contributed by atoms with van der Waals surface area (Å²) in [6, 6.07) is 7.14. The monoisotopic (exact) mass is 274 g/mol. The summed E-state index contributed by atoms with van der Waals surface area (Å²) >= 11 is 0. The maximum Gasteiger partial charge on any atom is 0.361 e. The fourth-order valence-electron chi connectivity index (χ4n) is 1.75. The zero-order valence-corrected chi connectivity index (χ0v) is 10.9. The highest BCUT2D eigenvalue weighted by Crippen LogP contribution is 2.24. The van der Waals surface area contributed by atoms with Crippen LogP contribution in [0.3, 0.4) is 0 Å². The molecule has 20 heavy (non-hydrogen) atoms. The Bertz CT molecular complexity index is 657. The van der Waals surface area contributed by atoms with Crippen molar-refractivity contribution < 1.29 is 14.3 Å². The average molecular weight is 274 g/mol. The van der Waals surface area contributed by atoms with Gasteiger partial charge in [-0.25, -0.2) is 4.79 Å². The van der Waals surface area contributed by atoms with Crippen molar-refractivity contribution in [3.05, 3.63) is 30.0 Å². The minimum atomic E-state index is -0.599. The molecule has 1 amide bonds. The molecule has 2 aromatic rings. The second-order valence-corrected chi connectivity index (χ2v) is 3.98. The van der Waals surface area contributed by atoms with E-state index in [1.54, 1.807) is 31.2 Å². The number of ether oxygens (including phenoxy) is 1. The molecular weight excluding hydrogens is 260 g/mol. The first-order valence-corrected chi connectivity index (χ1v) is 6.08. The number of carbonyl (C=O) groups excluding carboxylic acids is 2. The fourth-order valence-corrected chi connectivity index (χ4v) is 1.75. The first-order chi connectivity index (χ1) is 9.63. The number of benzene rings is 1. The molecule has 0 fully saturated rings. The Morgan fingerprint density at radius 2 is 2.05 bits per heavy atom. The molecule has 7 heteroatoms. The molecule has 104 valence electrons. The van der Waals surface area contributed by atoms with E-state index in [4.69, 9.17) is 10.5 Å². The minimum absolute atomic E-state index is 0.0341. The number of nitrogens with zero attached hydrogens (tertiary/aromatic N) is 2. The summed E-state index contributed by atoms with van der Waals surface area (Å²) in [4.78, 5) is 22.8. The molecule has 1 aromatic heterocycles. The molecule has 0 saturated heterocycles. The normalized spacial score (nSPS) is 10.2. The summed E-state index contributed by atoms with van der Waals surface area (Å²) < 4.78 is 4.93. The van der Waals surface area contributed by atoms with Crippen LogP contribution in [0.5, 0.6) is 0 Å². The lowest BCUT2D eigenvalue weighted by Crippen LogP contribution is -2.23. The van der Waals surface area contributed by atoms with Crippen LogP contribution < -0.4 is 11.1 Å². The topological polar surface area (TPSA) is 107 Å². The third kappa shape index (κ3) is 2.82.